The van der Waals surface area contributed by atoms with Gasteiger partial charge in [-0.2, -0.15) is 0 Å². The lowest BCUT2D eigenvalue weighted by Gasteiger charge is -2.28. The Morgan fingerprint density at radius 3 is 2.53 bits per heavy atom. The quantitative estimate of drug-likeness (QED) is 0.897. The molecule has 19 heavy (non-hydrogen) atoms. The topological polar surface area (TPSA) is 47.1 Å². The summed E-state index contributed by atoms with van der Waals surface area (Å²) in [6.45, 7) is 5.91. The molecule has 2 N–H and O–H groups in total. The third kappa shape index (κ3) is 2.65. The van der Waals surface area contributed by atoms with E-state index >= 15 is 0 Å². The number of nitrogens with zero attached hydrogens (tertiary/aromatic N) is 3. The van der Waals surface area contributed by atoms with Gasteiger partial charge in [0.2, 0.25) is 0 Å². The first-order valence-electron chi connectivity index (χ1n) is 6.88. The van der Waals surface area contributed by atoms with Crippen LogP contribution in [-0.4, -0.2) is 35.1 Å². The van der Waals surface area contributed by atoms with Crippen molar-refractivity contribution in [2.24, 2.45) is 11.7 Å². The van der Waals surface area contributed by atoms with Crippen molar-refractivity contribution >= 4 is 11.0 Å². The normalized spacial score (nSPS) is 13.6. The van der Waals surface area contributed by atoms with Gasteiger partial charge in [0.15, 0.2) is 0 Å². The van der Waals surface area contributed by atoms with Crippen molar-refractivity contribution in [1.82, 2.24) is 14.5 Å². The fourth-order valence-corrected chi connectivity index (χ4v) is 2.81. The molecule has 1 aromatic heterocycles. The summed E-state index contributed by atoms with van der Waals surface area (Å²) < 4.78 is 2.26. The second kappa shape index (κ2) is 5.72. The van der Waals surface area contributed by atoms with Crippen LogP contribution in [-0.2, 0) is 6.54 Å². The number of hydrogen-bond acceptors (Lipinski definition) is 3. The fourth-order valence-electron chi connectivity index (χ4n) is 2.81. The summed E-state index contributed by atoms with van der Waals surface area (Å²) in [7, 11) is 4.22. The summed E-state index contributed by atoms with van der Waals surface area (Å²) in [5, 5.41) is 0. The molecule has 0 saturated carbocycles. The Kier molecular flexibility index (Phi) is 4.22. The standard InChI is InChI=1S/C15H24N4/c1-11(2)14(18(3)4)15-17-12-7-5-6-8-13(12)19(15)10-9-16/h5-8,11,14H,9-10,16H2,1-4H3. The van der Waals surface area contributed by atoms with E-state index < -0.39 is 0 Å². The minimum Gasteiger partial charge on any atom is -0.329 e. The predicted octanol–water partition coefficient (Wildman–Crippen LogP) is 2.25. The molecule has 104 valence electrons. The molecule has 1 aromatic carbocycles. The molecular formula is C15H24N4. The molecule has 0 spiro atoms. The maximum absolute atomic E-state index is 5.77. The molecule has 2 rings (SSSR count). The van der Waals surface area contributed by atoms with Crippen molar-refractivity contribution in [2.75, 3.05) is 20.6 Å². The minimum atomic E-state index is 0.305. The number of aromatic nitrogens is 2. The summed E-state index contributed by atoms with van der Waals surface area (Å²) in [5.41, 5.74) is 8.00. The highest BCUT2D eigenvalue weighted by molar-refractivity contribution is 5.76. The lowest BCUT2D eigenvalue weighted by Crippen LogP contribution is -2.28. The number of benzene rings is 1. The minimum absolute atomic E-state index is 0.305. The number of para-hydroxylation sites is 2. The zero-order chi connectivity index (χ0) is 14.0. The van der Waals surface area contributed by atoms with E-state index in [1.54, 1.807) is 0 Å². The SMILES string of the molecule is CC(C)C(c1nc2ccccc2n1CCN)N(C)C. The van der Waals surface area contributed by atoms with Gasteiger partial charge in [0, 0.05) is 13.1 Å². The first-order valence-corrected chi connectivity index (χ1v) is 6.88. The van der Waals surface area contributed by atoms with E-state index in [0.717, 1.165) is 17.9 Å². The van der Waals surface area contributed by atoms with Gasteiger partial charge in [-0.15, -0.1) is 0 Å². The van der Waals surface area contributed by atoms with Crippen LogP contribution in [0.5, 0.6) is 0 Å². The Morgan fingerprint density at radius 1 is 1.26 bits per heavy atom. The van der Waals surface area contributed by atoms with E-state index in [1.165, 1.54) is 5.52 Å². The van der Waals surface area contributed by atoms with Crippen LogP contribution in [0.1, 0.15) is 25.7 Å². The third-order valence-corrected chi connectivity index (χ3v) is 3.49. The lowest BCUT2D eigenvalue weighted by atomic mass is 10.0. The van der Waals surface area contributed by atoms with Gasteiger partial charge in [-0.05, 0) is 32.1 Å². The average Bonchev–Trinajstić information content (AvgIpc) is 2.68. The van der Waals surface area contributed by atoms with Crippen LogP contribution >= 0.6 is 0 Å². The molecule has 1 unspecified atom stereocenters. The van der Waals surface area contributed by atoms with E-state index in [-0.39, 0.29) is 0 Å². The monoisotopic (exact) mass is 260 g/mol. The van der Waals surface area contributed by atoms with Gasteiger partial charge in [0.25, 0.3) is 0 Å². The number of imidazole rings is 1. The zero-order valence-corrected chi connectivity index (χ0v) is 12.3. The molecule has 1 heterocycles. The first kappa shape index (κ1) is 14.0. The largest absolute Gasteiger partial charge is 0.329 e. The second-order valence-electron chi connectivity index (χ2n) is 5.55. The summed E-state index contributed by atoms with van der Waals surface area (Å²) in [6.07, 6.45) is 0. The van der Waals surface area contributed by atoms with Crippen LogP contribution in [0.3, 0.4) is 0 Å². The molecule has 0 saturated heterocycles. The van der Waals surface area contributed by atoms with Gasteiger partial charge in [0.05, 0.1) is 17.1 Å². The maximum atomic E-state index is 5.77. The Balaban J connectivity index is 2.60. The van der Waals surface area contributed by atoms with Gasteiger partial charge in [0.1, 0.15) is 5.82 Å². The van der Waals surface area contributed by atoms with Crippen molar-refractivity contribution < 1.29 is 0 Å². The van der Waals surface area contributed by atoms with Crippen LogP contribution in [0.2, 0.25) is 0 Å². The molecule has 0 aliphatic heterocycles. The molecule has 1 atom stereocenters. The summed E-state index contributed by atoms with van der Waals surface area (Å²) in [6, 6.07) is 8.58. The predicted molar refractivity (Wildman–Crippen MR) is 80.1 cm³/mol. The molecular weight excluding hydrogens is 236 g/mol. The van der Waals surface area contributed by atoms with Crippen molar-refractivity contribution in [2.45, 2.75) is 26.4 Å². The third-order valence-electron chi connectivity index (χ3n) is 3.49. The van der Waals surface area contributed by atoms with E-state index in [1.807, 2.05) is 6.07 Å². The van der Waals surface area contributed by atoms with Crippen molar-refractivity contribution in [1.29, 1.82) is 0 Å². The maximum Gasteiger partial charge on any atom is 0.127 e. The highest BCUT2D eigenvalue weighted by atomic mass is 15.2. The average molecular weight is 260 g/mol. The van der Waals surface area contributed by atoms with E-state index in [0.29, 0.717) is 18.5 Å². The van der Waals surface area contributed by atoms with Crippen LogP contribution in [0.25, 0.3) is 11.0 Å². The van der Waals surface area contributed by atoms with Gasteiger partial charge in [-0.1, -0.05) is 26.0 Å². The lowest BCUT2D eigenvalue weighted by molar-refractivity contribution is 0.219. The van der Waals surface area contributed by atoms with Gasteiger partial charge in [-0.25, -0.2) is 4.98 Å². The Bertz CT molecular complexity index is 534. The molecule has 0 radical (unpaired) electrons. The van der Waals surface area contributed by atoms with Gasteiger partial charge < -0.3 is 10.3 Å². The Hall–Kier alpha value is -1.39. The van der Waals surface area contributed by atoms with E-state index in [2.05, 4.69) is 55.6 Å². The number of rotatable bonds is 5. The molecule has 0 bridgehead atoms. The number of fused-ring (bicyclic) bond motifs is 1. The van der Waals surface area contributed by atoms with Gasteiger partial charge >= 0.3 is 0 Å². The summed E-state index contributed by atoms with van der Waals surface area (Å²) >= 11 is 0. The molecule has 0 aliphatic rings. The van der Waals surface area contributed by atoms with Crippen LogP contribution in [0.4, 0.5) is 0 Å². The van der Waals surface area contributed by atoms with Crippen LogP contribution < -0.4 is 5.73 Å². The second-order valence-corrected chi connectivity index (χ2v) is 5.55. The molecule has 4 nitrogen and oxygen atoms in total. The molecule has 4 heteroatoms. The van der Waals surface area contributed by atoms with Crippen LogP contribution in [0, 0.1) is 5.92 Å². The van der Waals surface area contributed by atoms with Gasteiger partial charge in [-0.3, -0.25) is 4.90 Å². The van der Waals surface area contributed by atoms with E-state index in [4.69, 9.17) is 10.7 Å². The summed E-state index contributed by atoms with van der Waals surface area (Å²) in [4.78, 5) is 7.07. The zero-order valence-electron chi connectivity index (χ0n) is 12.3. The molecule has 0 fully saturated rings. The summed E-state index contributed by atoms with van der Waals surface area (Å²) in [5.74, 6) is 1.62. The smallest absolute Gasteiger partial charge is 0.127 e. The van der Waals surface area contributed by atoms with E-state index in [9.17, 15) is 0 Å². The number of nitrogens with two attached hydrogens (primary N) is 1. The highest BCUT2D eigenvalue weighted by Crippen LogP contribution is 2.28. The Morgan fingerprint density at radius 2 is 1.95 bits per heavy atom. The van der Waals surface area contributed by atoms with Crippen molar-refractivity contribution in [3.63, 3.8) is 0 Å². The Labute approximate surface area is 115 Å². The molecule has 0 amide bonds. The molecule has 2 aromatic rings. The molecule has 0 aliphatic carbocycles. The van der Waals surface area contributed by atoms with Crippen molar-refractivity contribution in [3.8, 4) is 0 Å². The number of hydrogen-bond donors (Lipinski definition) is 1. The van der Waals surface area contributed by atoms with Crippen LogP contribution in [0.15, 0.2) is 24.3 Å². The fraction of sp³-hybridized carbons (Fsp3) is 0.533. The van der Waals surface area contributed by atoms with Crippen molar-refractivity contribution in [3.05, 3.63) is 30.1 Å². The highest BCUT2D eigenvalue weighted by Gasteiger charge is 2.24. The first-order chi connectivity index (χ1) is 9.06.